The van der Waals surface area contributed by atoms with Gasteiger partial charge in [0, 0.05) is 44.1 Å². The Balaban J connectivity index is 1.46. The van der Waals surface area contributed by atoms with Crippen LogP contribution in [0.15, 0.2) is 17.5 Å². The molecule has 1 amide bonds. The number of hydrogen-bond donors (Lipinski definition) is 1. The topological polar surface area (TPSA) is 48.1 Å². The Bertz CT molecular complexity index is 599. The van der Waals surface area contributed by atoms with Gasteiger partial charge in [-0.15, -0.1) is 11.3 Å². The Labute approximate surface area is 177 Å². The van der Waals surface area contributed by atoms with Gasteiger partial charge >= 0.3 is 0 Å². The molecule has 2 saturated heterocycles. The van der Waals surface area contributed by atoms with Crippen molar-refractivity contribution in [3.05, 3.63) is 22.4 Å². The standard InChI is InChI=1S/C20H32N4O2S2/c25-19(23-8-2-1-3-9-23)16-21-20(27)24(17-18-6-4-15-28-18)10-5-7-22-11-13-26-14-12-22/h4,6,15H,1-3,5,7-14,16-17H2,(H,21,27). The number of thiophene rings is 1. The summed E-state index contributed by atoms with van der Waals surface area (Å²) < 4.78 is 5.42. The lowest BCUT2D eigenvalue weighted by Gasteiger charge is -2.30. The summed E-state index contributed by atoms with van der Waals surface area (Å²) in [6.45, 7) is 8.48. The number of thiocarbonyl (C=S) groups is 1. The van der Waals surface area contributed by atoms with E-state index in [1.807, 2.05) is 4.90 Å². The highest BCUT2D eigenvalue weighted by Gasteiger charge is 2.18. The van der Waals surface area contributed by atoms with Gasteiger partial charge in [0.1, 0.15) is 0 Å². The molecule has 1 N–H and O–H groups in total. The lowest BCUT2D eigenvalue weighted by Crippen LogP contribution is -2.47. The van der Waals surface area contributed by atoms with Crippen LogP contribution in [0.4, 0.5) is 0 Å². The summed E-state index contributed by atoms with van der Waals surface area (Å²) in [5.74, 6) is 0.159. The monoisotopic (exact) mass is 424 g/mol. The summed E-state index contributed by atoms with van der Waals surface area (Å²) in [6.07, 6.45) is 4.51. The summed E-state index contributed by atoms with van der Waals surface area (Å²) in [6, 6.07) is 4.21. The first kappa shape index (κ1) is 21.5. The van der Waals surface area contributed by atoms with E-state index in [1.54, 1.807) is 11.3 Å². The molecule has 3 heterocycles. The first-order valence-corrected chi connectivity index (χ1v) is 11.6. The van der Waals surface area contributed by atoms with Gasteiger partial charge in [-0.2, -0.15) is 0 Å². The van der Waals surface area contributed by atoms with Gasteiger partial charge in [0.2, 0.25) is 5.91 Å². The van der Waals surface area contributed by atoms with Crippen LogP contribution in [0, 0.1) is 0 Å². The van der Waals surface area contributed by atoms with Crippen molar-refractivity contribution in [2.75, 3.05) is 59.0 Å². The van der Waals surface area contributed by atoms with Crippen LogP contribution in [0.5, 0.6) is 0 Å². The normalized spacial score (nSPS) is 18.1. The minimum Gasteiger partial charge on any atom is -0.379 e. The predicted octanol–water partition coefficient (Wildman–Crippen LogP) is 2.16. The number of carbonyl (C=O) groups is 1. The van der Waals surface area contributed by atoms with Crippen LogP contribution in [0.25, 0.3) is 0 Å². The van der Waals surface area contributed by atoms with Crippen LogP contribution in [-0.2, 0) is 16.1 Å². The molecule has 1 aromatic rings. The SMILES string of the molecule is O=C(CNC(=S)N(CCCN1CCOCC1)Cc1cccs1)N1CCCCC1. The van der Waals surface area contributed by atoms with Crippen molar-refractivity contribution < 1.29 is 9.53 Å². The van der Waals surface area contributed by atoms with E-state index < -0.39 is 0 Å². The first-order valence-electron chi connectivity index (χ1n) is 10.4. The van der Waals surface area contributed by atoms with Crippen molar-refractivity contribution in [3.63, 3.8) is 0 Å². The van der Waals surface area contributed by atoms with Crippen LogP contribution >= 0.6 is 23.6 Å². The van der Waals surface area contributed by atoms with E-state index in [0.717, 1.165) is 78.3 Å². The fraction of sp³-hybridized carbons (Fsp3) is 0.700. The Morgan fingerprint density at radius 2 is 2.00 bits per heavy atom. The molecular weight excluding hydrogens is 392 g/mol. The number of morpholine rings is 1. The molecule has 2 aliphatic rings. The molecule has 1 aromatic heterocycles. The molecule has 28 heavy (non-hydrogen) atoms. The molecule has 0 bridgehead atoms. The Morgan fingerprint density at radius 1 is 1.21 bits per heavy atom. The minimum absolute atomic E-state index is 0.159. The highest BCUT2D eigenvalue weighted by atomic mass is 32.1. The molecule has 0 aliphatic carbocycles. The molecular formula is C20H32N4O2S2. The summed E-state index contributed by atoms with van der Waals surface area (Å²) in [5.41, 5.74) is 0. The van der Waals surface area contributed by atoms with E-state index in [2.05, 4.69) is 32.6 Å². The number of amides is 1. The number of nitrogens with zero attached hydrogens (tertiary/aromatic N) is 3. The van der Waals surface area contributed by atoms with Crippen molar-refractivity contribution in [1.82, 2.24) is 20.0 Å². The first-order chi connectivity index (χ1) is 13.7. The Hall–Kier alpha value is -1.22. The maximum absolute atomic E-state index is 12.4. The van der Waals surface area contributed by atoms with E-state index in [-0.39, 0.29) is 5.91 Å². The van der Waals surface area contributed by atoms with Crippen LogP contribution in [0.2, 0.25) is 0 Å². The highest BCUT2D eigenvalue weighted by Crippen LogP contribution is 2.13. The summed E-state index contributed by atoms with van der Waals surface area (Å²) >= 11 is 7.40. The van der Waals surface area contributed by atoms with E-state index in [4.69, 9.17) is 17.0 Å². The molecule has 0 saturated carbocycles. The largest absolute Gasteiger partial charge is 0.379 e. The Kier molecular flexibility index (Phi) is 8.98. The lowest BCUT2D eigenvalue weighted by molar-refractivity contribution is -0.130. The fourth-order valence-electron chi connectivity index (χ4n) is 3.67. The zero-order valence-corrected chi connectivity index (χ0v) is 18.2. The highest BCUT2D eigenvalue weighted by molar-refractivity contribution is 7.80. The van der Waals surface area contributed by atoms with Crippen LogP contribution in [0.3, 0.4) is 0 Å². The number of nitrogens with one attached hydrogen (secondary N) is 1. The molecule has 3 rings (SSSR count). The maximum atomic E-state index is 12.4. The van der Waals surface area contributed by atoms with Gasteiger partial charge in [-0.3, -0.25) is 9.69 Å². The van der Waals surface area contributed by atoms with Gasteiger partial charge in [0.05, 0.1) is 26.3 Å². The summed E-state index contributed by atoms with van der Waals surface area (Å²) in [7, 11) is 0. The molecule has 0 unspecified atom stereocenters. The van der Waals surface area contributed by atoms with Gasteiger partial charge in [-0.25, -0.2) is 0 Å². The summed E-state index contributed by atoms with van der Waals surface area (Å²) in [5, 5.41) is 5.99. The number of likely N-dealkylation sites (tertiary alicyclic amines) is 1. The zero-order chi connectivity index (χ0) is 19.6. The van der Waals surface area contributed by atoms with Gasteiger partial charge in [-0.1, -0.05) is 6.07 Å². The van der Waals surface area contributed by atoms with Gasteiger partial charge in [-0.05, 0) is 49.3 Å². The number of ether oxygens (including phenoxy) is 1. The molecule has 6 nitrogen and oxygen atoms in total. The lowest BCUT2D eigenvalue weighted by atomic mass is 10.1. The van der Waals surface area contributed by atoms with Crippen LogP contribution in [-0.4, -0.2) is 84.7 Å². The second kappa shape index (κ2) is 11.7. The maximum Gasteiger partial charge on any atom is 0.241 e. The second-order valence-electron chi connectivity index (χ2n) is 7.41. The predicted molar refractivity (Wildman–Crippen MR) is 118 cm³/mol. The van der Waals surface area contributed by atoms with E-state index in [1.165, 1.54) is 11.3 Å². The second-order valence-corrected chi connectivity index (χ2v) is 8.83. The molecule has 2 fully saturated rings. The quantitative estimate of drug-likeness (QED) is 0.646. The minimum atomic E-state index is 0.159. The number of rotatable bonds is 8. The van der Waals surface area contributed by atoms with Crippen molar-refractivity contribution in [3.8, 4) is 0 Å². The zero-order valence-electron chi connectivity index (χ0n) is 16.6. The average Bonchev–Trinajstić information content (AvgIpc) is 3.25. The third-order valence-electron chi connectivity index (χ3n) is 5.32. The molecule has 8 heteroatoms. The Morgan fingerprint density at radius 3 is 2.71 bits per heavy atom. The molecule has 0 spiro atoms. The van der Waals surface area contributed by atoms with E-state index in [0.29, 0.717) is 11.7 Å². The van der Waals surface area contributed by atoms with Gasteiger partial charge in [0.15, 0.2) is 5.11 Å². The molecule has 2 aliphatic heterocycles. The van der Waals surface area contributed by atoms with Crippen molar-refractivity contribution in [2.45, 2.75) is 32.2 Å². The van der Waals surface area contributed by atoms with E-state index in [9.17, 15) is 4.79 Å². The number of carbonyl (C=O) groups excluding carboxylic acids is 1. The van der Waals surface area contributed by atoms with Crippen LogP contribution < -0.4 is 5.32 Å². The molecule has 156 valence electrons. The average molecular weight is 425 g/mol. The molecule has 0 radical (unpaired) electrons. The van der Waals surface area contributed by atoms with Crippen molar-refractivity contribution in [1.29, 1.82) is 0 Å². The van der Waals surface area contributed by atoms with E-state index >= 15 is 0 Å². The van der Waals surface area contributed by atoms with Crippen molar-refractivity contribution >= 4 is 34.6 Å². The van der Waals surface area contributed by atoms with Gasteiger partial charge in [0.25, 0.3) is 0 Å². The molecule has 0 aromatic carbocycles. The number of piperidine rings is 1. The molecule has 0 atom stereocenters. The van der Waals surface area contributed by atoms with Crippen LogP contribution in [0.1, 0.15) is 30.6 Å². The smallest absolute Gasteiger partial charge is 0.241 e. The third-order valence-corrected chi connectivity index (χ3v) is 6.58. The third kappa shape index (κ3) is 6.99. The summed E-state index contributed by atoms with van der Waals surface area (Å²) in [4.78, 5) is 20.3. The van der Waals surface area contributed by atoms with Gasteiger partial charge < -0.3 is 19.9 Å². The fourth-order valence-corrected chi connectivity index (χ4v) is 4.62. The van der Waals surface area contributed by atoms with Crippen molar-refractivity contribution in [2.24, 2.45) is 0 Å². The number of hydrogen-bond acceptors (Lipinski definition) is 5.